The normalized spacial score (nSPS) is 25.3. The molecule has 0 amide bonds. The van der Waals surface area contributed by atoms with Crippen LogP contribution in [0.2, 0.25) is 0 Å². The monoisotopic (exact) mass is 1400 g/mol. The van der Waals surface area contributed by atoms with Crippen LogP contribution in [0.4, 0.5) is 114 Å². The molecule has 0 spiro atoms. The Labute approximate surface area is 533 Å². The van der Waals surface area contributed by atoms with Gasteiger partial charge in [0.1, 0.15) is 0 Å². The minimum Gasteiger partial charge on any atom is -0.237 e. The van der Waals surface area contributed by atoms with Crippen molar-refractivity contribution in [3.63, 3.8) is 0 Å². The van der Waals surface area contributed by atoms with Crippen LogP contribution >= 0.6 is 0 Å². The number of halogens is 26. The van der Waals surface area contributed by atoms with Crippen LogP contribution in [0.15, 0.2) is 0 Å². The lowest BCUT2D eigenvalue weighted by molar-refractivity contribution is -0.335. The Kier molecular flexibility index (Phi) is 36.7. The van der Waals surface area contributed by atoms with Crippen molar-refractivity contribution in [1.82, 2.24) is 0 Å². The molecule has 6 aliphatic carbocycles. The zero-order chi connectivity index (χ0) is 73.8. The predicted octanol–water partition coefficient (Wildman–Crippen LogP) is 29.4. The summed E-state index contributed by atoms with van der Waals surface area (Å²) in [5.74, 6) is -6.98. The molecule has 0 heterocycles. The van der Waals surface area contributed by atoms with Gasteiger partial charge in [-0.15, -0.1) is 0 Å². The molecular weight excluding hydrogens is 1290 g/mol. The quantitative estimate of drug-likeness (QED) is 0.241. The van der Waals surface area contributed by atoms with Gasteiger partial charge in [-0.05, 0) is 146 Å². The van der Waals surface area contributed by atoms with Gasteiger partial charge in [0.2, 0.25) is 0 Å². The molecule has 6 rings (SSSR count). The highest BCUT2D eigenvalue weighted by Crippen LogP contribution is 2.57. The molecule has 6 fully saturated rings. The van der Waals surface area contributed by atoms with Crippen LogP contribution in [-0.4, -0.2) is 60.7 Å². The SMILES string of the molecule is CC(C)(C(F)(F)F)C(F)(F)F.CC1(F)CC(F)(F)CC1(F)F.CC1CCC(C)(C(F)(F)F)CC1.CCC(C)(C(F)(F)F)C(F)(F)F.CCC(C)(C)C.CCC1(C(F)(F)F)CCCC1.CCC1(C(F)(F)F)CCCCC1.CCC1(C)CCCC1.CCC1(C)CCCCC1. The summed E-state index contributed by atoms with van der Waals surface area (Å²) in [5.41, 5.74) is -12.3. The molecule has 0 aromatic heterocycles. The van der Waals surface area contributed by atoms with Gasteiger partial charge in [-0.1, -0.05) is 173 Å². The highest BCUT2D eigenvalue weighted by atomic mass is 19.4. The first kappa shape index (κ1) is 94.4. The van der Waals surface area contributed by atoms with Crippen LogP contribution in [-0.2, 0) is 0 Å². The highest BCUT2D eigenvalue weighted by Gasteiger charge is 2.68. The van der Waals surface area contributed by atoms with Gasteiger partial charge in [0.15, 0.2) is 16.5 Å². The van der Waals surface area contributed by atoms with Gasteiger partial charge < -0.3 is 0 Å². The van der Waals surface area contributed by atoms with E-state index in [0.717, 1.165) is 62.7 Å². The third kappa shape index (κ3) is 29.7. The topological polar surface area (TPSA) is 0 Å². The van der Waals surface area contributed by atoms with E-state index in [1.54, 1.807) is 13.8 Å². The Morgan fingerprint density at radius 1 is 0.337 bits per heavy atom. The van der Waals surface area contributed by atoms with Crippen molar-refractivity contribution >= 4 is 0 Å². The molecule has 0 nitrogen and oxygen atoms in total. The Morgan fingerprint density at radius 3 is 0.739 bits per heavy atom. The largest absolute Gasteiger partial charge is 0.402 e. The van der Waals surface area contributed by atoms with Gasteiger partial charge in [0.25, 0.3) is 11.8 Å². The number of hydrogen-bond donors (Lipinski definition) is 0. The van der Waals surface area contributed by atoms with Crippen LogP contribution in [0.1, 0.15) is 310 Å². The summed E-state index contributed by atoms with van der Waals surface area (Å²) in [6, 6.07) is 0. The second kappa shape index (κ2) is 35.8. The number of alkyl halides is 26. The zero-order valence-corrected chi connectivity index (χ0v) is 57.6. The molecule has 0 saturated heterocycles. The van der Waals surface area contributed by atoms with E-state index in [9.17, 15) is 114 Å². The fraction of sp³-hybridized carbons (Fsp3) is 1.00. The molecule has 6 aliphatic rings. The Bertz CT molecular complexity index is 1890. The standard InChI is InChI=1S/2C9H15F3.C9H18.C8H13F3.C8H16.C6H8F6.C6H7F5.C6H14.C5H6F6/c1-7-3-5-8(2,6-4-7)9(10,11)12;1-2-8(9(10,11)12)6-4-3-5-7-8;1-3-9(2)7-5-4-6-8-9;1-2-7(8(9,10)11)5-3-4-6-7;1-3-8(2)6-4-5-7-8;1-3-4(2,5(7,8)9)6(10,11)12;1-4(7)2-5(8,9)3-6(4,10)11;1-5-6(2,3)4;1-3(2,4(6,7)8)5(9,10)11/h7H,3-6H2,1-2H3;2-7H2,1H3;3-8H2,1-2H3;2-6H2,1H3;3-7H2,1-2H3;3H2,1-2H3;2-3H2,1H3;5H2,1-4H3;1-2H3. The molecule has 0 bridgehead atoms. The summed E-state index contributed by atoms with van der Waals surface area (Å²) in [6.45, 7) is 26.8. The maximum absolute atomic E-state index is 12.7. The highest BCUT2D eigenvalue weighted by molar-refractivity contribution is 5.04. The molecule has 1 atom stereocenters. The fourth-order valence-corrected chi connectivity index (χ4v) is 10.9. The third-order valence-corrected chi connectivity index (χ3v) is 20.8. The van der Waals surface area contributed by atoms with Crippen molar-refractivity contribution in [2.45, 2.75) is 371 Å². The van der Waals surface area contributed by atoms with E-state index >= 15 is 0 Å². The van der Waals surface area contributed by atoms with E-state index in [1.165, 1.54) is 84.0 Å². The Hall–Kier alpha value is -1.82. The molecule has 92 heavy (non-hydrogen) atoms. The molecule has 0 N–H and O–H groups in total. The molecule has 0 aromatic carbocycles. The second-order valence-electron chi connectivity index (χ2n) is 29.7. The molecule has 0 radical (unpaired) electrons. The van der Waals surface area contributed by atoms with Gasteiger partial charge in [-0.3, -0.25) is 0 Å². The van der Waals surface area contributed by atoms with Crippen LogP contribution in [0.5, 0.6) is 0 Å². The van der Waals surface area contributed by atoms with E-state index < -0.39 is 107 Å². The van der Waals surface area contributed by atoms with Crippen LogP contribution < -0.4 is 0 Å². The average molecular weight is 1400 g/mol. The zero-order valence-electron chi connectivity index (χ0n) is 57.6. The number of hydrogen-bond acceptors (Lipinski definition) is 0. The van der Waals surface area contributed by atoms with Gasteiger partial charge in [0.05, 0.1) is 29.1 Å². The minimum absolute atomic E-state index is 0.104. The summed E-state index contributed by atoms with van der Waals surface area (Å²) >= 11 is 0. The molecular formula is C66H112F26. The van der Waals surface area contributed by atoms with E-state index in [2.05, 4.69) is 55.4 Å². The van der Waals surface area contributed by atoms with Crippen molar-refractivity contribution in [2.75, 3.05) is 0 Å². The van der Waals surface area contributed by atoms with Crippen molar-refractivity contribution in [3.05, 3.63) is 0 Å². The Balaban J connectivity index is -0.000000974. The predicted molar refractivity (Wildman–Crippen MR) is 314 cm³/mol. The van der Waals surface area contributed by atoms with E-state index in [0.29, 0.717) is 56.8 Å². The molecule has 26 heteroatoms. The second-order valence-corrected chi connectivity index (χ2v) is 29.7. The van der Waals surface area contributed by atoms with E-state index in [4.69, 9.17) is 0 Å². The summed E-state index contributed by atoms with van der Waals surface area (Å²) in [6.07, 6.45) is -11.8. The molecule has 0 aliphatic heterocycles. The fourth-order valence-electron chi connectivity index (χ4n) is 10.9. The first-order valence-electron chi connectivity index (χ1n) is 32.6. The smallest absolute Gasteiger partial charge is 0.237 e. The summed E-state index contributed by atoms with van der Waals surface area (Å²) < 4.78 is 315. The van der Waals surface area contributed by atoms with Crippen LogP contribution in [0.25, 0.3) is 0 Å². The van der Waals surface area contributed by atoms with Crippen molar-refractivity contribution in [1.29, 1.82) is 0 Å². The first-order valence-corrected chi connectivity index (χ1v) is 32.6. The minimum atomic E-state index is -5.24. The average Bonchev–Trinajstić information content (AvgIpc) is 1.41. The summed E-state index contributed by atoms with van der Waals surface area (Å²) in [7, 11) is 0. The lowest BCUT2D eigenvalue weighted by Crippen LogP contribution is -2.47. The first-order chi connectivity index (χ1) is 40.7. The molecule has 558 valence electrons. The molecule has 6 saturated carbocycles. The number of rotatable bonds is 5. The van der Waals surface area contributed by atoms with E-state index in [-0.39, 0.29) is 33.6 Å². The van der Waals surface area contributed by atoms with Crippen molar-refractivity contribution < 1.29 is 114 Å². The van der Waals surface area contributed by atoms with Gasteiger partial charge in [-0.25, -0.2) is 22.0 Å². The lowest BCUT2D eigenvalue weighted by Gasteiger charge is -2.38. The maximum atomic E-state index is 12.7. The molecule has 0 aromatic rings. The van der Waals surface area contributed by atoms with Crippen LogP contribution in [0, 0.1) is 49.2 Å². The van der Waals surface area contributed by atoms with Crippen LogP contribution in [0.3, 0.4) is 0 Å². The maximum Gasteiger partial charge on any atom is 0.402 e. The van der Waals surface area contributed by atoms with Gasteiger partial charge in [-0.2, -0.15) is 92.2 Å². The summed E-state index contributed by atoms with van der Waals surface area (Å²) in [5, 5.41) is 0. The molecule has 1 unspecified atom stereocenters. The Morgan fingerprint density at radius 2 is 0.609 bits per heavy atom. The van der Waals surface area contributed by atoms with Crippen molar-refractivity contribution in [2.24, 2.45) is 49.2 Å². The van der Waals surface area contributed by atoms with E-state index in [1.807, 2.05) is 6.92 Å². The van der Waals surface area contributed by atoms with Crippen molar-refractivity contribution in [3.8, 4) is 0 Å². The van der Waals surface area contributed by atoms with Gasteiger partial charge >= 0.3 is 43.2 Å². The third-order valence-electron chi connectivity index (χ3n) is 20.8. The van der Waals surface area contributed by atoms with Gasteiger partial charge in [0, 0.05) is 0 Å². The lowest BCUT2D eigenvalue weighted by atomic mass is 9.72. The summed E-state index contributed by atoms with van der Waals surface area (Å²) in [4.78, 5) is 0.